The summed E-state index contributed by atoms with van der Waals surface area (Å²) in [5, 5.41) is 25.5. The summed E-state index contributed by atoms with van der Waals surface area (Å²) in [6.07, 6.45) is 7.53. The highest BCUT2D eigenvalue weighted by molar-refractivity contribution is 5.79. The third-order valence-corrected chi connectivity index (χ3v) is 6.97. The Morgan fingerprint density at radius 3 is 2.55 bits per heavy atom. The fourth-order valence-electron chi connectivity index (χ4n) is 4.76. The number of aromatic nitrogens is 2. The van der Waals surface area contributed by atoms with Crippen molar-refractivity contribution in [2.75, 3.05) is 26.2 Å². The maximum atomic E-state index is 12.3. The van der Waals surface area contributed by atoms with Gasteiger partial charge in [-0.3, -0.25) is 14.3 Å². The summed E-state index contributed by atoms with van der Waals surface area (Å²) in [6, 6.07) is 1.72. The van der Waals surface area contributed by atoms with Gasteiger partial charge in [0.2, 0.25) is 5.91 Å². The topological polar surface area (TPSA) is 117 Å². The van der Waals surface area contributed by atoms with Crippen LogP contribution in [0.15, 0.2) is 12.3 Å². The molecule has 2 saturated heterocycles. The molecule has 1 saturated carbocycles. The predicted molar refractivity (Wildman–Crippen MR) is 115 cm³/mol. The third-order valence-electron chi connectivity index (χ3n) is 6.97. The molecule has 3 aliphatic rings. The van der Waals surface area contributed by atoms with Crippen LogP contribution >= 0.6 is 0 Å². The van der Waals surface area contributed by atoms with Crippen LogP contribution in [0.3, 0.4) is 0 Å². The van der Waals surface area contributed by atoms with Crippen LogP contribution in [0, 0.1) is 12.8 Å². The largest absolute Gasteiger partial charge is 0.483 e. The van der Waals surface area contributed by atoms with E-state index in [9.17, 15) is 9.90 Å². The molecule has 9 heteroatoms. The molecule has 0 aromatic carbocycles. The second-order valence-corrected chi connectivity index (χ2v) is 9.38. The van der Waals surface area contributed by atoms with E-state index in [-0.39, 0.29) is 29.9 Å². The van der Waals surface area contributed by atoms with Gasteiger partial charge in [-0.05, 0) is 45.6 Å². The number of carboxylic acid groups (broad SMARTS) is 1. The number of ether oxygens (including phenoxy) is 1. The fraction of sp³-hybridized carbons (Fsp3) is 0.773. The van der Waals surface area contributed by atoms with Gasteiger partial charge in [-0.1, -0.05) is 6.42 Å². The molecule has 1 aromatic heterocycles. The maximum Gasteiger partial charge on any atom is 0.290 e. The first-order valence-corrected chi connectivity index (χ1v) is 11.2. The number of aryl methyl sites for hydroxylation is 1. The van der Waals surface area contributed by atoms with Crippen molar-refractivity contribution in [1.29, 1.82) is 0 Å². The molecule has 1 aliphatic carbocycles. The van der Waals surface area contributed by atoms with E-state index in [4.69, 9.17) is 14.6 Å². The lowest BCUT2D eigenvalue weighted by Gasteiger charge is -2.51. The van der Waals surface area contributed by atoms with Gasteiger partial charge in [0.05, 0.1) is 36.1 Å². The number of hydrogen-bond donors (Lipinski definition) is 3. The van der Waals surface area contributed by atoms with Crippen LogP contribution in [0.5, 0.6) is 0 Å². The SMILES string of the molecule is Cc1ccn(CCN2CCC3(CC2)C[C@](C)(O)[C@@H](NC(=O)C2CCC2)CO3)n1.O=CO. The minimum atomic E-state index is -0.924. The van der Waals surface area contributed by atoms with Crippen molar-refractivity contribution >= 4 is 12.4 Å². The average Bonchev–Trinajstić information content (AvgIpc) is 3.08. The minimum absolute atomic E-state index is 0.0831. The van der Waals surface area contributed by atoms with E-state index in [1.54, 1.807) is 0 Å². The highest BCUT2D eigenvalue weighted by Crippen LogP contribution is 2.40. The van der Waals surface area contributed by atoms with Crippen LogP contribution in [0.25, 0.3) is 0 Å². The first-order chi connectivity index (χ1) is 14.8. The van der Waals surface area contributed by atoms with Crippen molar-refractivity contribution in [3.05, 3.63) is 18.0 Å². The van der Waals surface area contributed by atoms with Crippen molar-refractivity contribution in [3.63, 3.8) is 0 Å². The Morgan fingerprint density at radius 1 is 1.35 bits per heavy atom. The summed E-state index contributed by atoms with van der Waals surface area (Å²) in [6.45, 7) is 7.83. The van der Waals surface area contributed by atoms with E-state index in [1.807, 2.05) is 30.8 Å². The highest BCUT2D eigenvalue weighted by Gasteiger charge is 2.49. The monoisotopic (exact) mass is 436 g/mol. The summed E-state index contributed by atoms with van der Waals surface area (Å²) in [5.41, 5.74) is -0.138. The van der Waals surface area contributed by atoms with Gasteiger partial charge in [0.1, 0.15) is 0 Å². The average molecular weight is 437 g/mol. The summed E-state index contributed by atoms with van der Waals surface area (Å²) >= 11 is 0. The number of rotatable bonds is 5. The van der Waals surface area contributed by atoms with Gasteiger partial charge in [-0.15, -0.1) is 0 Å². The fourth-order valence-corrected chi connectivity index (χ4v) is 4.76. The zero-order valence-corrected chi connectivity index (χ0v) is 18.6. The Morgan fingerprint density at radius 2 is 2.03 bits per heavy atom. The second kappa shape index (κ2) is 10.1. The number of amides is 1. The van der Waals surface area contributed by atoms with Crippen molar-refractivity contribution in [1.82, 2.24) is 20.0 Å². The Balaban J connectivity index is 0.000000858. The van der Waals surface area contributed by atoms with Crippen molar-refractivity contribution < 1.29 is 24.5 Å². The molecule has 3 fully saturated rings. The molecule has 31 heavy (non-hydrogen) atoms. The zero-order chi connectivity index (χ0) is 22.5. The zero-order valence-electron chi connectivity index (χ0n) is 18.6. The molecule has 174 valence electrons. The van der Waals surface area contributed by atoms with Gasteiger partial charge < -0.3 is 25.2 Å². The molecule has 1 spiro atoms. The van der Waals surface area contributed by atoms with Crippen LogP contribution in [-0.4, -0.2) is 80.8 Å². The molecule has 3 N–H and O–H groups in total. The molecular formula is C22H36N4O5. The van der Waals surface area contributed by atoms with Gasteiger partial charge >= 0.3 is 0 Å². The predicted octanol–water partition coefficient (Wildman–Crippen LogP) is 1.18. The van der Waals surface area contributed by atoms with Gasteiger partial charge in [0.25, 0.3) is 6.47 Å². The summed E-state index contributed by atoms with van der Waals surface area (Å²) in [4.78, 5) is 23.1. The second-order valence-electron chi connectivity index (χ2n) is 9.38. The van der Waals surface area contributed by atoms with E-state index in [0.717, 1.165) is 64.0 Å². The van der Waals surface area contributed by atoms with Gasteiger partial charge in [0, 0.05) is 38.2 Å². The minimum Gasteiger partial charge on any atom is -0.483 e. The summed E-state index contributed by atoms with van der Waals surface area (Å²) in [7, 11) is 0. The van der Waals surface area contributed by atoms with E-state index < -0.39 is 5.60 Å². The lowest BCUT2D eigenvalue weighted by atomic mass is 9.75. The standard InChI is InChI=1S/C21H34N4O3.CH2O2/c1-16-6-9-25(23-16)13-12-24-10-7-21(8-11-24)15-20(2,27)18(14-28-21)22-19(26)17-4-3-5-17;2-1-3/h6,9,17-18,27H,3-5,7-8,10-15H2,1-2H3,(H,22,26);1H,(H,2,3)/t18-,20-;/m0./s1. The maximum absolute atomic E-state index is 12.3. The Hall–Kier alpha value is -1.97. The lowest BCUT2D eigenvalue weighted by molar-refractivity contribution is -0.190. The number of piperidine rings is 1. The summed E-state index contributed by atoms with van der Waals surface area (Å²) < 4.78 is 8.28. The normalized spacial score (nSPS) is 28.3. The number of hydrogen-bond acceptors (Lipinski definition) is 6. The highest BCUT2D eigenvalue weighted by atomic mass is 16.5. The van der Waals surface area contributed by atoms with Crippen LogP contribution < -0.4 is 5.32 Å². The first kappa shape index (κ1) is 23.7. The number of carbonyl (C=O) groups is 2. The van der Waals surface area contributed by atoms with E-state index >= 15 is 0 Å². The smallest absolute Gasteiger partial charge is 0.290 e. The van der Waals surface area contributed by atoms with E-state index in [0.29, 0.717) is 13.0 Å². The molecule has 2 aliphatic heterocycles. The number of likely N-dealkylation sites (tertiary alicyclic amines) is 1. The number of nitrogens with zero attached hydrogens (tertiary/aromatic N) is 3. The molecule has 0 bridgehead atoms. The van der Waals surface area contributed by atoms with Gasteiger partial charge in [-0.2, -0.15) is 5.10 Å². The number of nitrogens with one attached hydrogen (secondary N) is 1. The van der Waals surface area contributed by atoms with E-state index in [2.05, 4.69) is 15.3 Å². The molecule has 2 atom stereocenters. The van der Waals surface area contributed by atoms with Crippen molar-refractivity contribution in [2.24, 2.45) is 5.92 Å². The molecular weight excluding hydrogens is 400 g/mol. The quantitative estimate of drug-likeness (QED) is 0.594. The van der Waals surface area contributed by atoms with Crippen molar-refractivity contribution in [2.45, 2.75) is 76.2 Å². The Labute approximate surface area is 183 Å². The molecule has 9 nitrogen and oxygen atoms in total. The van der Waals surface area contributed by atoms with Gasteiger partial charge in [0.15, 0.2) is 0 Å². The third kappa shape index (κ3) is 6.05. The molecule has 1 amide bonds. The van der Waals surface area contributed by atoms with E-state index in [1.165, 1.54) is 0 Å². The molecule has 1 aromatic rings. The Bertz CT molecular complexity index is 738. The number of aliphatic hydroxyl groups is 1. The van der Waals surface area contributed by atoms with Crippen LogP contribution in [0.1, 0.15) is 51.1 Å². The molecule has 3 heterocycles. The molecule has 4 rings (SSSR count). The molecule has 0 unspecified atom stereocenters. The first-order valence-electron chi connectivity index (χ1n) is 11.2. The van der Waals surface area contributed by atoms with Crippen molar-refractivity contribution in [3.8, 4) is 0 Å². The van der Waals surface area contributed by atoms with Crippen LogP contribution in [0.2, 0.25) is 0 Å². The molecule has 0 radical (unpaired) electrons. The van der Waals surface area contributed by atoms with Crippen LogP contribution in [0.4, 0.5) is 0 Å². The lowest BCUT2D eigenvalue weighted by Crippen LogP contribution is -2.64. The van der Waals surface area contributed by atoms with Gasteiger partial charge in [-0.25, -0.2) is 0 Å². The Kier molecular flexibility index (Phi) is 7.72. The summed E-state index contributed by atoms with van der Waals surface area (Å²) in [5.74, 6) is 0.216. The number of carbonyl (C=O) groups excluding carboxylic acids is 1. The van der Waals surface area contributed by atoms with Crippen LogP contribution in [-0.2, 0) is 20.9 Å².